The number of hydrogen-bond donors (Lipinski definition) is 1. The highest BCUT2D eigenvalue weighted by Gasteiger charge is 2.12. The highest BCUT2D eigenvalue weighted by molar-refractivity contribution is 8.03. The van der Waals surface area contributed by atoms with Gasteiger partial charge in [-0.05, 0) is 54.5 Å². The number of aromatic nitrogens is 1. The fourth-order valence-corrected chi connectivity index (χ4v) is 4.96. The fraction of sp³-hybridized carbons (Fsp3) is 0.360. The van der Waals surface area contributed by atoms with E-state index in [2.05, 4.69) is 61.9 Å². The summed E-state index contributed by atoms with van der Waals surface area (Å²) in [6, 6.07) is 14.4. The van der Waals surface area contributed by atoms with E-state index in [0.717, 1.165) is 42.3 Å². The lowest BCUT2D eigenvalue weighted by molar-refractivity contribution is 0.647. The van der Waals surface area contributed by atoms with Crippen molar-refractivity contribution in [1.82, 2.24) is 4.57 Å². The van der Waals surface area contributed by atoms with Crippen molar-refractivity contribution in [3.8, 4) is 0 Å². The van der Waals surface area contributed by atoms with Crippen LogP contribution in [0.2, 0.25) is 5.02 Å². The van der Waals surface area contributed by atoms with Crippen molar-refractivity contribution in [1.29, 1.82) is 0 Å². The number of nitrogens with zero attached hydrogens (tertiary/aromatic N) is 1. The Bertz CT molecular complexity index is 988. The number of benzene rings is 2. The summed E-state index contributed by atoms with van der Waals surface area (Å²) in [6.45, 7) is 7.63. The van der Waals surface area contributed by atoms with Crippen molar-refractivity contribution >= 4 is 40.0 Å². The molecule has 29 heavy (non-hydrogen) atoms. The van der Waals surface area contributed by atoms with Gasteiger partial charge < -0.3 is 10.3 Å². The van der Waals surface area contributed by atoms with Gasteiger partial charge in [0.1, 0.15) is 0 Å². The molecule has 1 aromatic heterocycles. The fourth-order valence-electron chi connectivity index (χ4n) is 3.69. The molecule has 0 saturated carbocycles. The molecular formula is C25H31ClN2S. The largest absolute Gasteiger partial charge is 0.399 e. The first-order valence-corrected chi connectivity index (χ1v) is 11.8. The van der Waals surface area contributed by atoms with Crippen LogP contribution < -0.4 is 5.73 Å². The van der Waals surface area contributed by atoms with E-state index in [1.54, 1.807) is 0 Å². The minimum Gasteiger partial charge on any atom is -0.399 e. The van der Waals surface area contributed by atoms with Crippen LogP contribution in [0.3, 0.4) is 0 Å². The summed E-state index contributed by atoms with van der Waals surface area (Å²) in [7, 11) is 0. The second-order valence-electron chi connectivity index (χ2n) is 7.92. The van der Waals surface area contributed by atoms with Crippen molar-refractivity contribution in [2.45, 2.75) is 46.6 Å². The summed E-state index contributed by atoms with van der Waals surface area (Å²) in [4.78, 5) is 1.40. The maximum absolute atomic E-state index is 6.32. The van der Waals surface area contributed by atoms with Gasteiger partial charge in [0.25, 0.3) is 0 Å². The lowest BCUT2D eigenvalue weighted by Crippen LogP contribution is -2.01. The van der Waals surface area contributed by atoms with Crippen LogP contribution in [0.4, 0.5) is 5.69 Å². The molecule has 0 atom stereocenters. The van der Waals surface area contributed by atoms with Crippen molar-refractivity contribution < 1.29 is 0 Å². The first kappa shape index (κ1) is 21.9. The van der Waals surface area contributed by atoms with Gasteiger partial charge in [-0.2, -0.15) is 0 Å². The van der Waals surface area contributed by atoms with Crippen LogP contribution in [0.5, 0.6) is 0 Å². The molecule has 2 N–H and O–H groups in total. The van der Waals surface area contributed by atoms with Crippen LogP contribution in [0.25, 0.3) is 10.9 Å². The van der Waals surface area contributed by atoms with Gasteiger partial charge in [-0.1, -0.05) is 62.7 Å². The van der Waals surface area contributed by atoms with Crippen LogP contribution in [-0.2, 0) is 19.4 Å². The standard InChI is InChI=1S/C25H31ClN2S/c1-4-7-22(29-13-12-19-8-5-6-9-24(19)27)17-28-16-20(14-18(2)3)23-11-10-21(26)15-25(23)28/h5-11,15-16,18H,4,12-14,17,27H2,1-3H3/b22-7-. The maximum atomic E-state index is 6.32. The molecule has 0 saturated heterocycles. The van der Waals surface area contributed by atoms with Gasteiger partial charge in [0.15, 0.2) is 0 Å². The zero-order valence-electron chi connectivity index (χ0n) is 17.6. The lowest BCUT2D eigenvalue weighted by atomic mass is 10.0. The Labute approximate surface area is 184 Å². The Hall–Kier alpha value is -1.84. The van der Waals surface area contributed by atoms with Gasteiger partial charge in [0.2, 0.25) is 0 Å². The highest BCUT2D eigenvalue weighted by Crippen LogP contribution is 2.29. The van der Waals surface area contributed by atoms with E-state index in [-0.39, 0.29) is 0 Å². The SMILES string of the molecule is CC/C=C(/Cn1cc(CC(C)C)c2ccc(Cl)cc21)SCCc1ccccc1N. The average Bonchev–Trinajstić information content (AvgIpc) is 2.99. The maximum Gasteiger partial charge on any atom is 0.0532 e. The number of rotatable bonds is 9. The number of allylic oxidation sites excluding steroid dienone is 2. The molecular weight excluding hydrogens is 396 g/mol. The van der Waals surface area contributed by atoms with Crippen LogP contribution in [0.1, 0.15) is 38.3 Å². The van der Waals surface area contributed by atoms with Crippen molar-refractivity contribution in [3.05, 3.63) is 75.8 Å². The molecule has 4 heteroatoms. The van der Waals surface area contributed by atoms with E-state index in [9.17, 15) is 0 Å². The van der Waals surface area contributed by atoms with Gasteiger partial charge in [-0.15, -0.1) is 11.8 Å². The Morgan fingerprint density at radius 2 is 1.97 bits per heavy atom. The first-order valence-electron chi connectivity index (χ1n) is 10.4. The third kappa shape index (κ3) is 5.83. The smallest absolute Gasteiger partial charge is 0.0532 e. The molecule has 0 unspecified atom stereocenters. The van der Waals surface area contributed by atoms with Gasteiger partial charge in [0.05, 0.1) is 12.1 Å². The highest BCUT2D eigenvalue weighted by atomic mass is 35.5. The van der Waals surface area contributed by atoms with Crippen LogP contribution >= 0.6 is 23.4 Å². The van der Waals surface area contributed by atoms with Gasteiger partial charge >= 0.3 is 0 Å². The third-order valence-electron chi connectivity index (χ3n) is 5.03. The normalized spacial score (nSPS) is 12.2. The molecule has 2 nitrogen and oxygen atoms in total. The predicted molar refractivity (Wildman–Crippen MR) is 131 cm³/mol. The van der Waals surface area contributed by atoms with Crippen LogP contribution in [-0.4, -0.2) is 10.3 Å². The van der Waals surface area contributed by atoms with E-state index >= 15 is 0 Å². The number of nitrogens with two attached hydrogens (primary N) is 1. The first-order chi connectivity index (χ1) is 14.0. The predicted octanol–water partition coefficient (Wildman–Crippen LogP) is 7.35. The average molecular weight is 427 g/mol. The van der Waals surface area contributed by atoms with Crippen LogP contribution in [0, 0.1) is 5.92 Å². The monoisotopic (exact) mass is 426 g/mol. The quantitative estimate of drug-likeness (QED) is 0.362. The molecule has 0 aliphatic carbocycles. The zero-order chi connectivity index (χ0) is 20.8. The third-order valence-corrected chi connectivity index (χ3v) is 6.34. The molecule has 0 spiro atoms. The molecule has 1 heterocycles. The van der Waals surface area contributed by atoms with E-state index in [1.807, 2.05) is 30.0 Å². The summed E-state index contributed by atoms with van der Waals surface area (Å²) in [5.41, 5.74) is 10.8. The van der Waals surface area contributed by atoms with E-state index in [1.165, 1.54) is 26.9 Å². The van der Waals surface area contributed by atoms with Gasteiger partial charge in [-0.3, -0.25) is 0 Å². The van der Waals surface area contributed by atoms with E-state index in [4.69, 9.17) is 17.3 Å². The molecule has 0 radical (unpaired) electrons. The lowest BCUT2D eigenvalue weighted by Gasteiger charge is -2.11. The molecule has 2 aromatic carbocycles. The summed E-state index contributed by atoms with van der Waals surface area (Å²) in [6.07, 6.45) is 7.76. The zero-order valence-corrected chi connectivity index (χ0v) is 19.2. The number of fused-ring (bicyclic) bond motifs is 1. The van der Waals surface area contributed by atoms with Crippen molar-refractivity contribution in [2.24, 2.45) is 5.92 Å². The minimum absolute atomic E-state index is 0.626. The molecule has 0 bridgehead atoms. The number of thioether (sulfide) groups is 1. The van der Waals surface area contributed by atoms with Gasteiger partial charge in [0, 0.05) is 33.0 Å². The number of aryl methyl sites for hydroxylation is 1. The number of hydrogen-bond acceptors (Lipinski definition) is 2. The summed E-state index contributed by atoms with van der Waals surface area (Å²) < 4.78 is 2.37. The Balaban J connectivity index is 1.78. The topological polar surface area (TPSA) is 30.9 Å². The molecule has 0 aliphatic heterocycles. The molecule has 0 aliphatic rings. The van der Waals surface area contributed by atoms with E-state index < -0.39 is 0 Å². The Morgan fingerprint density at radius 3 is 2.69 bits per heavy atom. The number of halogens is 1. The van der Waals surface area contributed by atoms with Crippen molar-refractivity contribution in [2.75, 3.05) is 11.5 Å². The van der Waals surface area contributed by atoms with E-state index in [0.29, 0.717) is 5.92 Å². The molecule has 154 valence electrons. The van der Waals surface area contributed by atoms with Crippen molar-refractivity contribution in [3.63, 3.8) is 0 Å². The van der Waals surface area contributed by atoms with Gasteiger partial charge in [-0.25, -0.2) is 0 Å². The number of anilines is 1. The number of nitrogen functional groups attached to an aromatic ring is 1. The summed E-state index contributed by atoms with van der Waals surface area (Å²) in [5.74, 6) is 1.65. The molecule has 3 rings (SSSR count). The minimum atomic E-state index is 0.626. The second-order valence-corrected chi connectivity index (χ2v) is 9.58. The molecule has 0 fully saturated rings. The molecule has 3 aromatic rings. The van der Waals surface area contributed by atoms with Crippen LogP contribution in [0.15, 0.2) is 59.6 Å². The summed E-state index contributed by atoms with van der Waals surface area (Å²) in [5, 5.41) is 2.11. The Kier molecular flexibility index (Phi) is 7.74. The number of para-hydroxylation sites is 1. The Morgan fingerprint density at radius 1 is 1.17 bits per heavy atom. The summed E-state index contributed by atoms with van der Waals surface area (Å²) >= 11 is 8.26. The molecule has 0 amide bonds. The second kappa shape index (κ2) is 10.3.